The number of amides is 1. The van der Waals surface area contributed by atoms with Crippen molar-refractivity contribution in [1.29, 1.82) is 0 Å². The topological polar surface area (TPSA) is 101 Å². The second-order valence-corrected chi connectivity index (χ2v) is 7.82. The Morgan fingerprint density at radius 1 is 1.18 bits per heavy atom. The molecule has 0 spiro atoms. The molecule has 2 rings (SSSR count). The SMILES string of the molecule is O=C(NC(Cc1ccccc1)C(=O)O)C1CCS(=O)(=O)CC1. The van der Waals surface area contributed by atoms with Gasteiger partial charge in [-0.1, -0.05) is 30.3 Å². The third-order valence-electron chi connectivity index (χ3n) is 3.82. The Kier molecular flexibility index (Phi) is 5.18. The lowest BCUT2D eigenvalue weighted by Gasteiger charge is -2.23. The maximum atomic E-state index is 12.1. The normalized spacial score (nSPS) is 19.3. The van der Waals surface area contributed by atoms with E-state index < -0.39 is 27.8 Å². The third kappa shape index (κ3) is 4.56. The van der Waals surface area contributed by atoms with Crippen LogP contribution in [-0.2, 0) is 25.8 Å². The lowest BCUT2D eigenvalue weighted by Crippen LogP contribution is -2.46. The smallest absolute Gasteiger partial charge is 0.326 e. The molecule has 0 aliphatic carbocycles. The second kappa shape index (κ2) is 6.91. The fourth-order valence-electron chi connectivity index (χ4n) is 2.49. The monoisotopic (exact) mass is 325 g/mol. The number of nitrogens with one attached hydrogen (secondary N) is 1. The van der Waals surface area contributed by atoms with Crippen molar-refractivity contribution >= 4 is 21.7 Å². The van der Waals surface area contributed by atoms with E-state index in [1.165, 1.54) is 0 Å². The van der Waals surface area contributed by atoms with Crippen molar-refractivity contribution in [3.05, 3.63) is 35.9 Å². The molecule has 2 N–H and O–H groups in total. The maximum absolute atomic E-state index is 12.1. The van der Waals surface area contributed by atoms with Crippen molar-refractivity contribution in [2.24, 2.45) is 5.92 Å². The summed E-state index contributed by atoms with van der Waals surface area (Å²) in [6, 6.07) is 8.04. The molecule has 7 heteroatoms. The highest BCUT2D eigenvalue weighted by Crippen LogP contribution is 2.19. The maximum Gasteiger partial charge on any atom is 0.326 e. The predicted octanol–water partition coefficient (Wildman–Crippen LogP) is 0.623. The molecule has 0 bridgehead atoms. The number of hydrogen-bond acceptors (Lipinski definition) is 4. The van der Waals surface area contributed by atoms with Crippen LogP contribution in [0.4, 0.5) is 0 Å². The minimum absolute atomic E-state index is 0.0124. The van der Waals surface area contributed by atoms with Crippen LogP contribution in [0.1, 0.15) is 18.4 Å². The molecule has 1 aliphatic heterocycles. The molecule has 1 heterocycles. The molecule has 0 saturated carbocycles. The summed E-state index contributed by atoms with van der Waals surface area (Å²) < 4.78 is 22.7. The van der Waals surface area contributed by atoms with Gasteiger partial charge in [0.05, 0.1) is 11.5 Å². The molecular weight excluding hydrogens is 306 g/mol. The lowest BCUT2D eigenvalue weighted by molar-refractivity contribution is -0.142. The van der Waals surface area contributed by atoms with Gasteiger partial charge in [0, 0.05) is 12.3 Å². The number of carbonyl (C=O) groups excluding carboxylic acids is 1. The van der Waals surface area contributed by atoms with Crippen molar-refractivity contribution in [2.75, 3.05) is 11.5 Å². The summed E-state index contributed by atoms with van der Waals surface area (Å²) in [6.45, 7) is 0. The zero-order valence-corrected chi connectivity index (χ0v) is 12.9. The van der Waals surface area contributed by atoms with Crippen LogP contribution in [0.2, 0.25) is 0 Å². The first-order valence-electron chi connectivity index (χ1n) is 7.15. The zero-order chi connectivity index (χ0) is 16.2. The molecule has 0 aromatic heterocycles. The van der Waals surface area contributed by atoms with E-state index in [-0.39, 0.29) is 36.7 Å². The van der Waals surface area contributed by atoms with Gasteiger partial charge in [0.25, 0.3) is 0 Å². The van der Waals surface area contributed by atoms with Gasteiger partial charge in [-0.2, -0.15) is 0 Å². The highest BCUT2D eigenvalue weighted by atomic mass is 32.2. The number of carboxylic acid groups (broad SMARTS) is 1. The summed E-state index contributed by atoms with van der Waals surface area (Å²) in [5.41, 5.74) is 0.821. The van der Waals surface area contributed by atoms with Crippen molar-refractivity contribution in [3.63, 3.8) is 0 Å². The van der Waals surface area contributed by atoms with E-state index in [0.29, 0.717) is 0 Å². The van der Waals surface area contributed by atoms with Crippen LogP contribution in [0.15, 0.2) is 30.3 Å². The van der Waals surface area contributed by atoms with E-state index in [4.69, 9.17) is 0 Å². The third-order valence-corrected chi connectivity index (χ3v) is 5.54. The molecule has 1 aliphatic rings. The van der Waals surface area contributed by atoms with Crippen LogP contribution in [0.25, 0.3) is 0 Å². The van der Waals surface area contributed by atoms with Crippen LogP contribution < -0.4 is 5.32 Å². The Balaban J connectivity index is 1.96. The molecule has 120 valence electrons. The number of sulfone groups is 1. The molecule has 1 fully saturated rings. The van der Waals surface area contributed by atoms with Gasteiger partial charge in [0.15, 0.2) is 0 Å². The minimum atomic E-state index is -3.04. The summed E-state index contributed by atoms with van der Waals surface area (Å²) in [7, 11) is -3.04. The summed E-state index contributed by atoms with van der Waals surface area (Å²) in [4.78, 5) is 23.5. The van der Waals surface area contributed by atoms with Crippen LogP contribution in [-0.4, -0.2) is 42.9 Å². The van der Waals surface area contributed by atoms with Crippen molar-refractivity contribution < 1.29 is 23.1 Å². The van der Waals surface area contributed by atoms with Crippen molar-refractivity contribution in [1.82, 2.24) is 5.32 Å². The van der Waals surface area contributed by atoms with Gasteiger partial charge < -0.3 is 10.4 Å². The van der Waals surface area contributed by atoms with Crippen LogP contribution in [0, 0.1) is 5.92 Å². The molecule has 6 nitrogen and oxygen atoms in total. The molecule has 1 saturated heterocycles. The van der Waals surface area contributed by atoms with Crippen LogP contribution in [0.3, 0.4) is 0 Å². The lowest BCUT2D eigenvalue weighted by atomic mass is 10.00. The Morgan fingerprint density at radius 2 is 1.77 bits per heavy atom. The summed E-state index contributed by atoms with van der Waals surface area (Å²) in [6.07, 6.45) is 0.713. The van der Waals surface area contributed by atoms with E-state index in [9.17, 15) is 23.1 Å². The first-order chi connectivity index (χ1) is 10.4. The second-order valence-electron chi connectivity index (χ2n) is 5.52. The standard InChI is InChI=1S/C15H19NO5S/c17-14(12-6-8-22(20,21)9-7-12)16-13(15(18)19)10-11-4-2-1-3-5-11/h1-5,12-13H,6-10H2,(H,16,17)(H,18,19). The largest absolute Gasteiger partial charge is 0.480 e. The summed E-state index contributed by atoms with van der Waals surface area (Å²) in [5, 5.41) is 11.8. The molecule has 1 atom stereocenters. The molecule has 22 heavy (non-hydrogen) atoms. The van der Waals surface area contributed by atoms with Gasteiger partial charge in [-0.15, -0.1) is 0 Å². The number of carbonyl (C=O) groups is 2. The fraction of sp³-hybridized carbons (Fsp3) is 0.467. The van der Waals surface area contributed by atoms with E-state index in [0.717, 1.165) is 5.56 Å². The van der Waals surface area contributed by atoms with Gasteiger partial charge in [0.2, 0.25) is 5.91 Å². The predicted molar refractivity (Wildman–Crippen MR) is 81.1 cm³/mol. The fourth-order valence-corrected chi connectivity index (χ4v) is 3.98. The number of benzene rings is 1. The first kappa shape index (κ1) is 16.5. The number of rotatable bonds is 5. The molecule has 0 radical (unpaired) electrons. The van der Waals surface area contributed by atoms with Crippen molar-refractivity contribution in [2.45, 2.75) is 25.3 Å². The molecule has 1 amide bonds. The Labute approximate surface area is 129 Å². The van der Waals surface area contributed by atoms with E-state index in [1.54, 1.807) is 12.1 Å². The summed E-state index contributed by atoms with van der Waals surface area (Å²) >= 11 is 0. The highest BCUT2D eigenvalue weighted by Gasteiger charge is 2.30. The quantitative estimate of drug-likeness (QED) is 0.827. The molecule has 1 aromatic carbocycles. The summed E-state index contributed by atoms with van der Waals surface area (Å²) in [5.74, 6) is -1.93. The average Bonchev–Trinajstić information content (AvgIpc) is 2.47. The molecule has 1 unspecified atom stereocenters. The van der Waals surface area contributed by atoms with Gasteiger partial charge in [-0.05, 0) is 18.4 Å². The van der Waals surface area contributed by atoms with Gasteiger partial charge in [-0.25, -0.2) is 13.2 Å². The average molecular weight is 325 g/mol. The van der Waals surface area contributed by atoms with Gasteiger partial charge in [-0.3, -0.25) is 4.79 Å². The highest BCUT2D eigenvalue weighted by molar-refractivity contribution is 7.91. The van der Waals surface area contributed by atoms with Crippen molar-refractivity contribution in [3.8, 4) is 0 Å². The van der Waals surface area contributed by atoms with Crippen LogP contribution in [0.5, 0.6) is 0 Å². The van der Waals surface area contributed by atoms with Gasteiger partial charge in [0.1, 0.15) is 15.9 Å². The van der Waals surface area contributed by atoms with Crippen LogP contribution >= 0.6 is 0 Å². The number of hydrogen-bond donors (Lipinski definition) is 2. The van der Waals surface area contributed by atoms with Gasteiger partial charge >= 0.3 is 5.97 Å². The first-order valence-corrected chi connectivity index (χ1v) is 8.97. The van der Waals surface area contributed by atoms with E-state index >= 15 is 0 Å². The Bertz CT molecular complexity index is 627. The van der Waals surface area contributed by atoms with E-state index in [2.05, 4.69) is 5.32 Å². The molecular formula is C15H19NO5S. The minimum Gasteiger partial charge on any atom is -0.480 e. The Morgan fingerprint density at radius 3 is 2.32 bits per heavy atom. The Hall–Kier alpha value is -1.89. The number of aliphatic carboxylic acids is 1. The molecule has 1 aromatic rings. The number of carboxylic acids is 1. The zero-order valence-electron chi connectivity index (χ0n) is 12.1. The van der Waals surface area contributed by atoms with E-state index in [1.807, 2.05) is 18.2 Å².